The molecule has 0 saturated carbocycles. The average Bonchev–Trinajstić information content (AvgIpc) is 2.05. The lowest BCUT2D eigenvalue weighted by Crippen LogP contribution is -2.26. The van der Waals surface area contributed by atoms with Crippen LogP contribution in [0.25, 0.3) is 0 Å². The van der Waals surface area contributed by atoms with Crippen molar-refractivity contribution in [3.05, 3.63) is 29.8 Å². The van der Waals surface area contributed by atoms with Crippen LogP contribution in [0, 0.1) is 5.41 Å². The van der Waals surface area contributed by atoms with Gasteiger partial charge in [0.1, 0.15) is 5.75 Å². The number of carbonyl (C=O) groups is 1. The molecule has 0 aliphatic rings. The maximum absolute atomic E-state index is 11.2. The normalized spacial score (nSPS) is 13.5. The highest BCUT2D eigenvalue weighted by Crippen LogP contribution is 2.35. The van der Waals surface area contributed by atoms with Gasteiger partial charge in [0.15, 0.2) is 0 Å². The number of hydrogen-bond donors (Lipinski definition) is 2. The summed E-state index contributed by atoms with van der Waals surface area (Å²) >= 11 is 0. The number of rotatable bonds is 2. The molecular formula is C12H16O3. The molecule has 2 N–H and O–H groups in total. The Kier molecular flexibility index (Phi) is 3.03. The van der Waals surface area contributed by atoms with Crippen LogP contribution in [0.3, 0.4) is 0 Å². The van der Waals surface area contributed by atoms with Gasteiger partial charge in [0, 0.05) is 0 Å². The first-order valence-electron chi connectivity index (χ1n) is 4.84. The Bertz CT molecular complexity index is 346. The molecule has 1 aromatic rings. The fraction of sp³-hybridized carbons (Fsp3) is 0.417. The molecule has 0 spiro atoms. The number of phenolic OH excluding ortho intramolecular Hbond substituents is 1. The summed E-state index contributed by atoms with van der Waals surface area (Å²) in [5.74, 6) is -1.25. The molecule has 0 aliphatic heterocycles. The number of carboxylic acids is 1. The molecular weight excluding hydrogens is 192 g/mol. The van der Waals surface area contributed by atoms with Crippen molar-refractivity contribution in [2.45, 2.75) is 26.7 Å². The van der Waals surface area contributed by atoms with E-state index in [1.54, 1.807) is 12.1 Å². The van der Waals surface area contributed by atoms with Gasteiger partial charge in [-0.15, -0.1) is 0 Å². The quantitative estimate of drug-likeness (QED) is 0.785. The molecule has 0 amide bonds. The minimum absolute atomic E-state index is 0.150. The van der Waals surface area contributed by atoms with E-state index in [0.29, 0.717) is 5.56 Å². The minimum atomic E-state index is -0.840. The monoisotopic (exact) mass is 208 g/mol. The predicted molar refractivity (Wildman–Crippen MR) is 57.9 cm³/mol. The molecule has 3 nitrogen and oxygen atoms in total. The van der Waals surface area contributed by atoms with Crippen LogP contribution in [-0.2, 0) is 4.79 Å². The maximum atomic E-state index is 11.2. The molecule has 15 heavy (non-hydrogen) atoms. The molecule has 0 fully saturated rings. The first-order valence-corrected chi connectivity index (χ1v) is 4.84. The van der Waals surface area contributed by atoms with Gasteiger partial charge in [-0.05, 0) is 23.1 Å². The molecule has 0 aromatic heterocycles. The second-order valence-electron chi connectivity index (χ2n) is 4.73. The van der Waals surface area contributed by atoms with Crippen molar-refractivity contribution in [1.29, 1.82) is 0 Å². The molecule has 0 unspecified atom stereocenters. The standard InChI is InChI=1S/C12H16O3/c1-12(2,3)10(11(14)15)8-4-6-9(13)7-5-8/h4-7,10,13H,1-3H3,(H,14,15)/t10-/m0/s1. The highest BCUT2D eigenvalue weighted by molar-refractivity contribution is 5.77. The van der Waals surface area contributed by atoms with Crippen molar-refractivity contribution in [1.82, 2.24) is 0 Å². The molecule has 0 aliphatic carbocycles. The molecule has 1 atom stereocenters. The van der Waals surface area contributed by atoms with Crippen LogP contribution in [0.5, 0.6) is 5.75 Å². The third-order valence-electron chi connectivity index (χ3n) is 2.34. The predicted octanol–water partition coefficient (Wildman–Crippen LogP) is 2.61. The van der Waals surface area contributed by atoms with E-state index < -0.39 is 11.9 Å². The zero-order valence-electron chi connectivity index (χ0n) is 9.19. The summed E-state index contributed by atoms with van der Waals surface area (Å²) in [6.45, 7) is 5.66. The summed E-state index contributed by atoms with van der Waals surface area (Å²) in [5.41, 5.74) is 0.371. The summed E-state index contributed by atoms with van der Waals surface area (Å²) in [6.07, 6.45) is 0. The molecule has 0 radical (unpaired) electrons. The van der Waals surface area contributed by atoms with Crippen molar-refractivity contribution in [2.75, 3.05) is 0 Å². The summed E-state index contributed by atoms with van der Waals surface area (Å²) in [4.78, 5) is 11.2. The maximum Gasteiger partial charge on any atom is 0.311 e. The summed E-state index contributed by atoms with van der Waals surface area (Å²) in [6, 6.07) is 6.33. The Morgan fingerprint density at radius 3 is 2.00 bits per heavy atom. The third kappa shape index (κ3) is 2.72. The van der Waals surface area contributed by atoms with Crippen molar-refractivity contribution in [2.24, 2.45) is 5.41 Å². The van der Waals surface area contributed by atoms with Gasteiger partial charge in [0.05, 0.1) is 5.92 Å². The van der Waals surface area contributed by atoms with E-state index in [0.717, 1.165) is 0 Å². The van der Waals surface area contributed by atoms with Crippen LogP contribution < -0.4 is 0 Å². The number of benzene rings is 1. The lowest BCUT2D eigenvalue weighted by Gasteiger charge is -2.27. The van der Waals surface area contributed by atoms with Crippen molar-refractivity contribution in [3.8, 4) is 5.75 Å². The second kappa shape index (κ2) is 3.93. The Morgan fingerprint density at radius 2 is 1.67 bits per heavy atom. The fourth-order valence-corrected chi connectivity index (χ4v) is 1.68. The van der Waals surface area contributed by atoms with Crippen molar-refractivity contribution in [3.63, 3.8) is 0 Å². The van der Waals surface area contributed by atoms with Gasteiger partial charge in [-0.25, -0.2) is 0 Å². The number of aromatic hydroxyl groups is 1. The van der Waals surface area contributed by atoms with E-state index in [1.807, 2.05) is 20.8 Å². The van der Waals surface area contributed by atoms with Gasteiger partial charge in [-0.1, -0.05) is 32.9 Å². The van der Waals surface area contributed by atoms with Crippen LogP contribution in [-0.4, -0.2) is 16.2 Å². The third-order valence-corrected chi connectivity index (χ3v) is 2.34. The molecule has 3 heteroatoms. The Hall–Kier alpha value is -1.51. The van der Waals surface area contributed by atoms with E-state index in [-0.39, 0.29) is 11.2 Å². The molecule has 0 heterocycles. The van der Waals surface area contributed by atoms with Gasteiger partial charge in [-0.3, -0.25) is 4.79 Å². The molecule has 1 rings (SSSR count). The number of phenols is 1. The zero-order chi connectivity index (χ0) is 11.6. The van der Waals surface area contributed by atoms with E-state index in [1.165, 1.54) is 12.1 Å². The van der Waals surface area contributed by atoms with Crippen molar-refractivity contribution < 1.29 is 15.0 Å². The molecule has 1 aromatic carbocycles. The fourth-order valence-electron chi connectivity index (χ4n) is 1.68. The topological polar surface area (TPSA) is 57.5 Å². The van der Waals surface area contributed by atoms with Gasteiger partial charge in [-0.2, -0.15) is 0 Å². The van der Waals surface area contributed by atoms with Gasteiger partial charge in [0.25, 0.3) is 0 Å². The minimum Gasteiger partial charge on any atom is -0.508 e. The van der Waals surface area contributed by atoms with Gasteiger partial charge < -0.3 is 10.2 Å². The van der Waals surface area contributed by atoms with E-state index in [2.05, 4.69) is 0 Å². The lowest BCUT2D eigenvalue weighted by molar-refractivity contribution is -0.141. The first kappa shape index (κ1) is 11.6. The van der Waals surface area contributed by atoms with Crippen LogP contribution in [0.15, 0.2) is 24.3 Å². The largest absolute Gasteiger partial charge is 0.508 e. The van der Waals surface area contributed by atoms with E-state index in [4.69, 9.17) is 10.2 Å². The average molecular weight is 208 g/mol. The summed E-state index contributed by atoms with van der Waals surface area (Å²) in [7, 11) is 0. The highest BCUT2D eigenvalue weighted by atomic mass is 16.4. The number of aliphatic carboxylic acids is 1. The summed E-state index contributed by atoms with van der Waals surface area (Å²) in [5, 5.41) is 18.3. The van der Waals surface area contributed by atoms with E-state index >= 15 is 0 Å². The first-order chi connectivity index (χ1) is 6.82. The van der Waals surface area contributed by atoms with Crippen molar-refractivity contribution >= 4 is 5.97 Å². The van der Waals surface area contributed by atoms with Crippen LogP contribution in [0.4, 0.5) is 0 Å². The Balaban J connectivity index is 3.11. The molecule has 82 valence electrons. The Labute approximate surface area is 89.4 Å². The van der Waals surface area contributed by atoms with Gasteiger partial charge in [0.2, 0.25) is 0 Å². The highest BCUT2D eigenvalue weighted by Gasteiger charge is 2.32. The smallest absolute Gasteiger partial charge is 0.311 e. The van der Waals surface area contributed by atoms with Crippen LogP contribution in [0.2, 0.25) is 0 Å². The summed E-state index contributed by atoms with van der Waals surface area (Å²) < 4.78 is 0. The van der Waals surface area contributed by atoms with Crippen LogP contribution in [0.1, 0.15) is 32.3 Å². The molecule has 0 bridgehead atoms. The van der Waals surface area contributed by atoms with E-state index in [9.17, 15) is 4.79 Å². The number of carboxylic acid groups (broad SMARTS) is 1. The van der Waals surface area contributed by atoms with Gasteiger partial charge >= 0.3 is 5.97 Å². The molecule has 0 saturated heterocycles. The second-order valence-corrected chi connectivity index (χ2v) is 4.73. The van der Waals surface area contributed by atoms with Crippen LogP contribution >= 0.6 is 0 Å². The lowest BCUT2D eigenvalue weighted by atomic mass is 9.76. The Morgan fingerprint density at radius 1 is 1.20 bits per heavy atom. The SMILES string of the molecule is CC(C)(C)[C@H](C(=O)O)c1ccc(O)cc1. The zero-order valence-corrected chi connectivity index (χ0v) is 9.19. The number of hydrogen-bond acceptors (Lipinski definition) is 2.